The molecule has 0 heterocycles. The SMILES string of the molecule is O=S(O)S(=O)(=O)c1ccccc1. The molecule has 0 aliphatic carbocycles. The van der Waals surface area contributed by atoms with Crippen LogP contribution in [0.1, 0.15) is 0 Å². The predicted octanol–water partition coefficient (Wildman–Crippen LogP) is 0.597. The highest BCUT2D eigenvalue weighted by Crippen LogP contribution is 2.11. The van der Waals surface area contributed by atoms with Crippen LogP contribution in [0.5, 0.6) is 0 Å². The molecule has 0 amide bonds. The monoisotopic (exact) mass is 206 g/mol. The smallest absolute Gasteiger partial charge is 0.282 e. The van der Waals surface area contributed by atoms with Crippen molar-refractivity contribution in [2.75, 3.05) is 0 Å². The minimum absolute atomic E-state index is 0.147. The van der Waals surface area contributed by atoms with Crippen molar-refractivity contribution >= 4 is 19.0 Å². The molecular formula is C6H6O4S2. The van der Waals surface area contributed by atoms with Gasteiger partial charge < -0.3 is 0 Å². The van der Waals surface area contributed by atoms with Gasteiger partial charge >= 0.3 is 0 Å². The zero-order valence-electron chi connectivity index (χ0n) is 5.88. The molecule has 1 aromatic carbocycles. The van der Waals surface area contributed by atoms with E-state index in [1.165, 1.54) is 24.3 Å². The zero-order chi connectivity index (χ0) is 9.19. The van der Waals surface area contributed by atoms with Gasteiger partial charge in [-0.15, -0.1) is 0 Å². The van der Waals surface area contributed by atoms with Crippen molar-refractivity contribution in [3.63, 3.8) is 0 Å². The molecule has 0 fully saturated rings. The van der Waals surface area contributed by atoms with Gasteiger partial charge in [-0.2, -0.15) is 0 Å². The third kappa shape index (κ3) is 1.71. The summed E-state index contributed by atoms with van der Waals surface area (Å²) in [4.78, 5) is -0.147. The number of benzene rings is 1. The van der Waals surface area contributed by atoms with Gasteiger partial charge in [-0.25, -0.2) is 12.6 Å². The van der Waals surface area contributed by atoms with Gasteiger partial charge in [0.05, 0.1) is 4.90 Å². The quantitative estimate of drug-likeness (QED) is 0.568. The summed E-state index contributed by atoms with van der Waals surface area (Å²) in [6.45, 7) is 0. The minimum atomic E-state index is -4.05. The van der Waals surface area contributed by atoms with Crippen LogP contribution in [-0.4, -0.2) is 17.2 Å². The Labute approximate surface area is 71.8 Å². The molecule has 0 aliphatic heterocycles. The van der Waals surface area contributed by atoms with Crippen LogP contribution in [-0.2, 0) is 19.0 Å². The van der Waals surface area contributed by atoms with Gasteiger partial charge in [-0.3, -0.25) is 4.55 Å². The average molecular weight is 206 g/mol. The highest BCUT2D eigenvalue weighted by molar-refractivity contribution is 8.62. The molecule has 0 saturated heterocycles. The number of hydrogen-bond acceptors (Lipinski definition) is 3. The van der Waals surface area contributed by atoms with Crippen LogP contribution < -0.4 is 0 Å². The van der Waals surface area contributed by atoms with Crippen molar-refractivity contribution in [2.45, 2.75) is 4.90 Å². The molecule has 66 valence electrons. The van der Waals surface area contributed by atoms with Gasteiger partial charge in [-0.1, -0.05) is 18.2 Å². The third-order valence-electron chi connectivity index (χ3n) is 1.22. The highest BCUT2D eigenvalue weighted by Gasteiger charge is 2.20. The van der Waals surface area contributed by atoms with E-state index >= 15 is 0 Å². The first-order valence-electron chi connectivity index (χ1n) is 2.96. The Balaban J connectivity index is 3.26. The van der Waals surface area contributed by atoms with E-state index in [4.69, 9.17) is 4.55 Å². The molecule has 0 aliphatic rings. The van der Waals surface area contributed by atoms with E-state index in [-0.39, 0.29) is 4.90 Å². The zero-order valence-corrected chi connectivity index (χ0v) is 7.51. The summed E-state index contributed by atoms with van der Waals surface area (Å²) in [5.74, 6) is 0. The van der Waals surface area contributed by atoms with Crippen LogP contribution >= 0.6 is 0 Å². The fraction of sp³-hybridized carbons (Fsp3) is 0. The molecule has 1 atom stereocenters. The fourth-order valence-electron chi connectivity index (χ4n) is 0.669. The first kappa shape index (κ1) is 9.37. The maximum absolute atomic E-state index is 11.0. The molecule has 6 heteroatoms. The van der Waals surface area contributed by atoms with Crippen LogP contribution in [0, 0.1) is 0 Å². The van der Waals surface area contributed by atoms with E-state index in [0.717, 1.165) is 0 Å². The second-order valence-corrected chi connectivity index (χ2v) is 5.97. The van der Waals surface area contributed by atoms with Gasteiger partial charge in [0.15, 0.2) is 0 Å². The maximum Gasteiger partial charge on any atom is 0.282 e. The summed E-state index contributed by atoms with van der Waals surface area (Å²) in [7, 11) is -6.90. The largest absolute Gasteiger partial charge is 0.294 e. The van der Waals surface area contributed by atoms with Gasteiger partial charge in [0, 0.05) is 0 Å². The highest BCUT2D eigenvalue weighted by atomic mass is 33.2. The Morgan fingerprint density at radius 2 is 1.67 bits per heavy atom. The molecule has 0 aromatic heterocycles. The minimum Gasteiger partial charge on any atom is -0.294 e. The summed E-state index contributed by atoms with van der Waals surface area (Å²) in [6, 6.07) is 7.13. The van der Waals surface area contributed by atoms with Gasteiger partial charge in [-0.05, 0) is 12.1 Å². The molecule has 0 radical (unpaired) electrons. The van der Waals surface area contributed by atoms with Gasteiger partial charge in [0.25, 0.3) is 19.0 Å². The summed E-state index contributed by atoms with van der Waals surface area (Å²) >= 11 is 0. The second-order valence-electron chi connectivity index (χ2n) is 1.98. The Morgan fingerprint density at radius 1 is 1.17 bits per heavy atom. The summed E-state index contributed by atoms with van der Waals surface area (Å²) in [5.41, 5.74) is 0. The Kier molecular flexibility index (Phi) is 2.61. The van der Waals surface area contributed by atoms with Crippen molar-refractivity contribution in [2.24, 2.45) is 0 Å². The average Bonchev–Trinajstić information content (AvgIpc) is 2.06. The van der Waals surface area contributed by atoms with E-state index in [1.807, 2.05) is 0 Å². The van der Waals surface area contributed by atoms with Crippen LogP contribution in [0.2, 0.25) is 0 Å². The second kappa shape index (κ2) is 3.34. The van der Waals surface area contributed by atoms with Gasteiger partial charge in [0.1, 0.15) is 0 Å². The molecule has 0 spiro atoms. The van der Waals surface area contributed by atoms with Crippen LogP contribution in [0.4, 0.5) is 0 Å². The first-order chi connectivity index (χ1) is 5.55. The van der Waals surface area contributed by atoms with Crippen LogP contribution in [0.3, 0.4) is 0 Å². The molecule has 1 unspecified atom stereocenters. The van der Waals surface area contributed by atoms with Crippen molar-refractivity contribution in [3.8, 4) is 0 Å². The molecule has 1 rings (SSSR count). The Bertz CT molecular complexity index is 381. The van der Waals surface area contributed by atoms with Gasteiger partial charge in [0.2, 0.25) is 0 Å². The van der Waals surface area contributed by atoms with E-state index in [1.54, 1.807) is 6.07 Å². The Hall–Kier alpha value is -0.720. The van der Waals surface area contributed by atoms with Crippen molar-refractivity contribution < 1.29 is 17.2 Å². The lowest BCUT2D eigenvalue weighted by molar-refractivity contribution is 0.562. The maximum atomic E-state index is 11.0. The number of rotatable bonds is 2. The first-order valence-corrected chi connectivity index (χ1v) is 6.07. The lowest BCUT2D eigenvalue weighted by atomic mass is 10.4. The topological polar surface area (TPSA) is 71.4 Å². The summed E-state index contributed by atoms with van der Waals surface area (Å²) in [6.07, 6.45) is 0. The Morgan fingerprint density at radius 3 is 2.08 bits per heavy atom. The normalized spacial score (nSPS) is 14.1. The fourth-order valence-corrected chi connectivity index (χ4v) is 2.15. The van der Waals surface area contributed by atoms with E-state index < -0.39 is 19.0 Å². The molecule has 0 saturated carbocycles. The van der Waals surface area contributed by atoms with E-state index in [0.29, 0.717) is 0 Å². The lowest BCUT2D eigenvalue weighted by Crippen LogP contribution is -2.06. The summed E-state index contributed by atoms with van der Waals surface area (Å²) in [5, 5.41) is 0. The molecule has 1 aromatic rings. The summed E-state index contributed by atoms with van der Waals surface area (Å²) < 4.78 is 40.7. The lowest BCUT2D eigenvalue weighted by Gasteiger charge is -1.96. The predicted molar refractivity (Wildman–Crippen MR) is 44.4 cm³/mol. The molecular weight excluding hydrogens is 200 g/mol. The molecule has 12 heavy (non-hydrogen) atoms. The van der Waals surface area contributed by atoms with Crippen LogP contribution in [0.25, 0.3) is 0 Å². The third-order valence-corrected chi connectivity index (χ3v) is 4.15. The van der Waals surface area contributed by atoms with Crippen molar-refractivity contribution in [3.05, 3.63) is 30.3 Å². The standard InChI is InChI=1S/C6H6O4S2/c7-11(8)12(9,10)6-4-2-1-3-5-6/h1-5H,(H,7,8). The number of hydrogen-bond donors (Lipinski definition) is 1. The van der Waals surface area contributed by atoms with Crippen molar-refractivity contribution in [1.82, 2.24) is 0 Å². The van der Waals surface area contributed by atoms with Crippen molar-refractivity contribution in [1.29, 1.82) is 0 Å². The van der Waals surface area contributed by atoms with Crippen LogP contribution in [0.15, 0.2) is 35.2 Å². The van der Waals surface area contributed by atoms with E-state index in [2.05, 4.69) is 0 Å². The molecule has 4 nitrogen and oxygen atoms in total. The van der Waals surface area contributed by atoms with E-state index in [9.17, 15) is 12.6 Å². The molecule has 1 N–H and O–H groups in total. The molecule has 0 bridgehead atoms.